The number of anilines is 1. The van der Waals surface area contributed by atoms with Crippen LogP contribution in [0.1, 0.15) is 49.0 Å². The van der Waals surface area contributed by atoms with E-state index < -0.39 is 34.6 Å². The number of carbonyl (C=O) groups is 1. The van der Waals surface area contributed by atoms with Crippen LogP contribution in [0.15, 0.2) is 42.5 Å². The van der Waals surface area contributed by atoms with Gasteiger partial charge in [0.2, 0.25) is 0 Å². The van der Waals surface area contributed by atoms with Gasteiger partial charge in [-0.2, -0.15) is 13.2 Å². The molecule has 1 saturated heterocycles. The van der Waals surface area contributed by atoms with E-state index in [1.807, 2.05) is 50.1 Å². The smallest absolute Gasteiger partial charge is 0.416 e. The average molecular weight is 483 g/mol. The van der Waals surface area contributed by atoms with Crippen molar-refractivity contribution in [1.29, 1.82) is 0 Å². The second-order valence-corrected chi connectivity index (χ2v) is 9.04. The number of piperidine rings is 1. The van der Waals surface area contributed by atoms with Crippen LogP contribution >= 0.6 is 0 Å². The third-order valence-corrected chi connectivity index (χ3v) is 6.07. The molecule has 0 atom stereocenters. The predicted molar refractivity (Wildman–Crippen MR) is 122 cm³/mol. The summed E-state index contributed by atoms with van der Waals surface area (Å²) in [5, 5.41) is 11.0. The van der Waals surface area contributed by atoms with Crippen LogP contribution in [0.4, 0.5) is 23.2 Å². The number of halogens is 4. The summed E-state index contributed by atoms with van der Waals surface area (Å²) in [6.07, 6.45) is -3.51. The van der Waals surface area contributed by atoms with Crippen molar-refractivity contribution in [3.8, 4) is 5.75 Å². The number of carbonyl (C=O) groups excluding carboxylic acids is 1. The van der Waals surface area contributed by atoms with E-state index in [2.05, 4.69) is 0 Å². The minimum absolute atomic E-state index is 0.0892. The maximum Gasteiger partial charge on any atom is 0.416 e. The summed E-state index contributed by atoms with van der Waals surface area (Å²) in [6, 6.07) is 9.59. The maximum atomic E-state index is 14.2. The zero-order valence-corrected chi connectivity index (χ0v) is 19.5. The van der Waals surface area contributed by atoms with E-state index in [1.54, 1.807) is 0 Å². The van der Waals surface area contributed by atoms with Gasteiger partial charge in [0.25, 0.3) is 5.91 Å². The number of alkyl halides is 3. The molecular weight excluding hydrogens is 452 g/mol. The van der Waals surface area contributed by atoms with Crippen molar-refractivity contribution in [2.75, 3.05) is 31.6 Å². The zero-order chi connectivity index (χ0) is 25.1. The zero-order valence-electron chi connectivity index (χ0n) is 19.5. The molecule has 5 nitrogen and oxygen atoms in total. The first-order chi connectivity index (χ1) is 15.9. The lowest BCUT2D eigenvalue weighted by Gasteiger charge is -2.39. The highest BCUT2D eigenvalue weighted by atomic mass is 19.4. The average Bonchev–Trinajstić information content (AvgIpc) is 2.77. The minimum Gasteiger partial charge on any atom is -0.491 e. The molecule has 0 aliphatic carbocycles. The summed E-state index contributed by atoms with van der Waals surface area (Å²) in [6.45, 7) is 4.89. The van der Waals surface area contributed by atoms with Gasteiger partial charge in [0, 0.05) is 32.4 Å². The fourth-order valence-corrected chi connectivity index (χ4v) is 3.97. The molecule has 9 heteroatoms. The quantitative estimate of drug-likeness (QED) is 0.557. The van der Waals surface area contributed by atoms with Gasteiger partial charge in [-0.25, -0.2) is 4.39 Å². The number of hydrogen-bond acceptors (Lipinski definition) is 4. The largest absolute Gasteiger partial charge is 0.491 e. The van der Waals surface area contributed by atoms with Crippen molar-refractivity contribution >= 4 is 11.6 Å². The molecule has 1 N–H and O–H groups in total. The van der Waals surface area contributed by atoms with Crippen LogP contribution in [0.25, 0.3) is 0 Å². The Morgan fingerprint density at radius 2 is 1.76 bits per heavy atom. The highest BCUT2D eigenvalue weighted by Gasteiger charge is 2.36. The molecule has 2 aromatic rings. The number of nitrogens with zero attached hydrogens (tertiary/aromatic N) is 2. The van der Waals surface area contributed by atoms with Crippen molar-refractivity contribution in [3.63, 3.8) is 0 Å². The fraction of sp³-hybridized carbons (Fsp3) is 0.480. The molecule has 1 heterocycles. The molecule has 0 unspecified atom stereocenters. The number of ether oxygens (including phenoxy) is 1. The second kappa shape index (κ2) is 10.2. The van der Waals surface area contributed by atoms with Crippen LogP contribution in [0, 0.1) is 5.82 Å². The van der Waals surface area contributed by atoms with Crippen LogP contribution in [0.5, 0.6) is 5.75 Å². The summed E-state index contributed by atoms with van der Waals surface area (Å²) in [5.41, 5.74) is -1.54. The normalized spacial score (nSPS) is 16.0. The summed E-state index contributed by atoms with van der Waals surface area (Å²) >= 11 is 0. The monoisotopic (exact) mass is 482 g/mol. The topological polar surface area (TPSA) is 53.0 Å². The van der Waals surface area contributed by atoms with E-state index in [1.165, 1.54) is 4.90 Å². The first kappa shape index (κ1) is 25.8. The van der Waals surface area contributed by atoms with Crippen LogP contribution in [-0.2, 0) is 6.18 Å². The molecule has 2 aromatic carbocycles. The van der Waals surface area contributed by atoms with E-state index in [-0.39, 0.29) is 19.2 Å². The van der Waals surface area contributed by atoms with Crippen LogP contribution in [0.2, 0.25) is 0 Å². The van der Waals surface area contributed by atoms with Crippen LogP contribution in [0.3, 0.4) is 0 Å². The Morgan fingerprint density at radius 3 is 2.29 bits per heavy atom. The maximum absolute atomic E-state index is 14.2. The summed E-state index contributed by atoms with van der Waals surface area (Å²) in [5.74, 6) is -1.09. The third-order valence-electron chi connectivity index (χ3n) is 6.07. The van der Waals surface area contributed by atoms with E-state index >= 15 is 0 Å². The van der Waals surface area contributed by atoms with Gasteiger partial charge < -0.3 is 19.6 Å². The van der Waals surface area contributed by atoms with Crippen molar-refractivity contribution < 1.29 is 32.2 Å². The van der Waals surface area contributed by atoms with Crippen LogP contribution in [-0.4, -0.2) is 54.3 Å². The van der Waals surface area contributed by atoms with Crippen molar-refractivity contribution in [2.45, 2.75) is 51.0 Å². The van der Waals surface area contributed by atoms with Gasteiger partial charge in [-0.3, -0.25) is 4.79 Å². The molecule has 0 bridgehead atoms. The molecule has 1 amide bonds. The van der Waals surface area contributed by atoms with E-state index in [0.29, 0.717) is 37.9 Å². The van der Waals surface area contributed by atoms with Crippen molar-refractivity contribution in [2.24, 2.45) is 0 Å². The van der Waals surface area contributed by atoms with E-state index in [9.17, 15) is 27.5 Å². The van der Waals surface area contributed by atoms with Gasteiger partial charge in [-0.15, -0.1) is 0 Å². The minimum atomic E-state index is -4.68. The Labute approximate surface area is 196 Å². The Hall–Kier alpha value is -2.81. The fourth-order valence-electron chi connectivity index (χ4n) is 3.97. The first-order valence-electron chi connectivity index (χ1n) is 11.2. The van der Waals surface area contributed by atoms with Gasteiger partial charge in [0.05, 0.1) is 22.8 Å². The number of hydrogen-bond donors (Lipinski definition) is 1. The third kappa shape index (κ3) is 6.40. The molecule has 1 aliphatic rings. The molecule has 0 saturated carbocycles. The van der Waals surface area contributed by atoms with Gasteiger partial charge in [-0.1, -0.05) is 0 Å². The Morgan fingerprint density at radius 1 is 1.15 bits per heavy atom. The summed E-state index contributed by atoms with van der Waals surface area (Å²) < 4.78 is 58.1. The highest BCUT2D eigenvalue weighted by Crippen LogP contribution is 2.32. The van der Waals surface area contributed by atoms with E-state index in [4.69, 9.17) is 4.74 Å². The number of benzene rings is 2. The lowest BCUT2D eigenvalue weighted by Crippen LogP contribution is -2.48. The van der Waals surface area contributed by atoms with Crippen molar-refractivity contribution in [3.05, 3.63) is 59.4 Å². The van der Waals surface area contributed by atoms with Gasteiger partial charge in [0.1, 0.15) is 11.6 Å². The lowest BCUT2D eigenvalue weighted by molar-refractivity contribution is -0.137. The Kier molecular flexibility index (Phi) is 7.75. The van der Waals surface area contributed by atoms with Gasteiger partial charge >= 0.3 is 6.18 Å². The number of rotatable bonds is 7. The number of likely N-dealkylation sites (tertiary alicyclic amines) is 1. The Balaban J connectivity index is 1.53. The summed E-state index contributed by atoms with van der Waals surface area (Å²) in [7, 11) is 1.92. The molecule has 0 aromatic heterocycles. The molecular formula is C25H30F4N2O3. The Bertz CT molecular complexity index is 985. The lowest BCUT2D eigenvalue weighted by atomic mass is 9.87. The molecule has 1 fully saturated rings. The van der Waals surface area contributed by atoms with Crippen LogP contribution < -0.4 is 9.64 Å². The molecule has 186 valence electrons. The SMILES string of the molecule is CC(C)Oc1ccc(N(C)CCC2(O)CCN(C(=O)c3ccc(C(F)(F)F)cc3F)CC2)cc1. The molecule has 0 radical (unpaired) electrons. The van der Waals surface area contributed by atoms with Crippen molar-refractivity contribution in [1.82, 2.24) is 4.90 Å². The van der Waals surface area contributed by atoms with E-state index in [0.717, 1.165) is 17.5 Å². The van der Waals surface area contributed by atoms with Gasteiger partial charge in [0.15, 0.2) is 0 Å². The second-order valence-electron chi connectivity index (χ2n) is 9.04. The first-order valence-corrected chi connectivity index (χ1v) is 11.2. The molecule has 3 rings (SSSR count). The molecule has 1 aliphatic heterocycles. The molecule has 34 heavy (non-hydrogen) atoms. The van der Waals surface area contributed by atoms with Gasteiger partial charge in [-0.05, 0) is 75.6 Å². The standard InChI is InChI=1S/C25H30F4N2O3/c1-17(2)34-20-7-5-19(6-8-20)30(3)13-10-24(33)11-14-31(15-12-24)23(32)21-9-4-18(16-22(21)26)25(27,28)29/h4-9,16-17,33H,10-15H2,1-3H3. The molecule has 0 spiro atoms. The number of amides is 1. The summed E-state index contributed by atoms with van der Waals surface area (Å²) in [4.78, 5) is 16.0. The predicted octanol–water partition coefficient (Wildman–Crippen LogP) is 5.13. The number of aliphatic hydroxyl groups is 1. The highest BCUT2D eigenvalue weighted by molar-refractivity contribution is 5.94.